The molecule has 3 heterocycles. The average molecular weight is 323 g/mol. The third kappa shape index (κ3) is 4.07. The summed E-state index contributed by atoms with van der Waals surface area (Å²) in [6.45, 7) is 8.81. The first-order valence-corrected chi connectivity index (χ1v) is 8.96. The molecule has 1 aromatic heterocycles. The second-order valence-corrected chi connectivity index (χ2v) is 7.13. The van der Waals surface area contributed by atoms with Crippen molar-refractivity contribution >= 4 is 17.2 Å². The molecule has 2 aliphatic rings. The van der Waals surface area contributed by atoms with Crippen LogP contribution in [0.15, 0.2) is 11.4 Å². The maximum absolute atomic E-state index is 12.2. The first-order valence-electron chi connectivity index (χ1n) is 8.08. The van der Waals surface area contributed by atoms with Crippen molar-refractivity contribution < 1.29 is 9.53 Å². The first kappa shape index (κ1) is 15.9. The molecule has 0 radical (unpaired) electrons. The number of rotatable bonds is 5. The number of thiophene rings is 1. The standard InChI is InChI=1S/C16H25N3O2S/c1-13(19-5-7-21-8-6-19)10-17-16(20)12-18-4-2-15-14(11-18)3-9-22-15/h3,9,13H,2,4-8,10-12H2,1H3,(H,17,20). The van der Waals surface area contributed by atoms with Gasteiger partial charge < -0.3 is 10.1 Å². The Morgan fingerprint density at radius 1 is 1.41 bits per heavy atom. The molecule has 3 rings (SSSR count). The van der Waals surface area contributed by atoms with Crippen molar-refractivity contribution in [3.63, 3.8) is 0 Å². The van der Waals surface area contributed by atoms with E-state index in [4.69, 9.17) is 4.74 Å². The van der Waals surface area contributed by atoms with Gasteiger partial charge in [-0.2, -0.15) is 0 Å². The van der Waals surface area contributed by atoms with Crippen molar-refractivity contribution in [2.45, 2.75) is 25.9 Å². The van der Waals surface area contributed by atoms with Crippen LogP contribution in [0, 0.1) is 0 Å². The van der Waals surface area contributed by atoms with Crippen LogP contribution in [0.25, 0.3) is 0 Å². The van der Waals surface area contributed by atoms with E-state index in [2.05, 4.69) is 33.5 Å². The van der Waals surface area contributed by atoms with Crippen molar-refractivity contribution in [3.8, 4) is 0 Å². The highest BCUT2D eigenvalue weighted by Crippen LogP contribution is 2.23. The second-order valence-electron chi connectivity index (χ2n) is 6.13. The Labute approximate surface area is 136 Å². The summed E-state index contributed by atoms with van der Waals surface area (Å²) in [5.41, 5.74) is 1.39. The van der Waals surface area contributed by atoms with Gasteiger partial charge >= 0.3 is 0 Å². The number of amides is 1. The lowest BCUT2D eigenvalue weighted by Gasteiger charge is -2.32. The van der Waals surface area contributed by atoms with Gasteiger partial charge in [-0.05, 0) is 30.4 Å². The molecule has 122 valence electrons. The molecule has 0 aliphatic carbocycles. The molecule has 1 fully saturated rings. The zero-order valence-corrected chi connectivity index (χ0v) is 14.0. The highest BCUT2D eigenvalue weighted by molar-refractivity contribution is 7.10. The molecule has 2 aliphatic heterocycles. The minimum atomic E-state index is 0.138. The van der Waals surface area contributed by atoms with Crippen molar-refractivity contribution in [3.05, 3.63) is 21.9 Å². The van der Waals surface area contributed by atoms with Gasteiger partial charge in [0, 0.05) is 43.6 Å². The van der Waals surface area contributed by atoms with Crippen LogP contribution in [-0.2, 0) is 22.5 Å². The summed E-state index contributed by atoms with van der Waals surface area (Å²) in [6, 6.07) is 2.56. The quantitative estimate of drug-likeness (QED) is 0.876. The van der Waals surface area contributed by atoms with Gasteiger partial charge in [-0.15, -0.1) is 11.3 Å². The molecule has 5 nitrogen and oxygen atoms in total. The van der Waals surface area contributed by atoms with E-state index in [0.29, 0.717) is 12.6 Å². The molecule has 22 heavy (non-hydrogen) atoms. The number of hydrogen-bond donors (Lipinski definition) is 1. The third-order valence-electron chi connectivity index (χ3n) is 4.52. The van der Waals surface area contributed by atoms with E-state index in [-0.39, 0.29) is 5.91 Å². The molecule has 6 heteroatoms. The summed E-state index contributed by atoms with van der Waals surface area (Å²) >= 11 is 1.83. The van der Waals surface area contributed by atoms with Gasteiger partial charge in [-0.25, -0.2) is 0 Å². The number of hydrogen-bond acceptors (Lipinski definition) is 5. The lowest BCUT2D eigenvalue weighted by atomic mass is 10.1. The molecule has 1 N–H and O–H groups in total. The fourth-order valence-electron chi connectivity index (χ4n) is 3.11. The van der Waals surface area contributed by atoms with Gasteiger partial charge in [0.05, 0.1) is 19.8 Å². The number of nitrogens with zero attached hydrogens (tertiary/aromatic N) is 2. The summed E-state index contributed by atoms with van der Waals surface area (Å²) in [6.07, 6.45) is 1.07. The fourth-order valence-corrected chi connectivity index (χ4v) is 4.00. The van der Waals surface area contributed by atoms with Gasteiger partial charge in [-0.3, -0.25) is 14.6 Å². The second kappa shape index (κ2) is 7.55. The Balaban J connectivity index is 1.39. The van der Waals surface area contributed by atoms with Crippen LogP contribution in [0.1, 0.15) is 17.4 Å². The number of carbonyl (C=O) groups is 1. The molecule has 1 aromatic rings. The Hall–Kier alpha value is -0.950. The lowest BCUT2D eigenvalue weighted by molar-refractivity contribution is -0.122. The van der Waals surface area contributed by atoms with E-state index in [9.17, 15) is 4.79 Å². The molecular weight excluding hydrogens is 298 g/mol. The average Bonchev–Trinajstić information content (AvgIpc) is 3.01. The Bertz CT molecular complexity index is 499. The van der Waals surface area contributed by atoms with Crippen molar-refractivity contribution in [2.75, 3.05) is 45.9 Å². The van der Waals surface area contributed by atoms with E-state index in [0.717, 1.165) is 52.4 Å². The normalized spacial score (nSPS) is 21.3. The van der Waals surface area contributed by atoms with Crippen LogP contribution in [0.4, 0.5) is 0 Å². The van der Waals surface area contributed by atoms with Gasteiger partial charge in [0.25, 0.3) is 0 Å². The van der Waals surface area contributed by atoms with Crippen LogP contribution in [-0.4, -0.2) is 67.7 Å². The third-order valence-corrected chi connectivity index (χ3v) is 5.54. The van der Waals surface area contributed by atoms with Crippen LogP contribution < -0.4 is 5.32 Å². The van der Waals surface area contributed by atoms with E-state index in [1.54, 1.807) is 0 Å². The van der Waals surface area contributed by atoms with E-state index in [1.165, 1.54) is 10.4 Å². The van der Waals surface area contributed by atoms with Crippen LogP contribution in [0.3, 0.4) is 0 Å². The SMILES string of the molecule is CC(CNC(=O)CN1CCc2sccc2C1)N1CCOCC1. The van der Waals surface area contributed by atoms with E-state index < -0.39 is 0 Å². The molecule has 1 saturated heterocycles. The van der Waals surface area contributed by atoms with Crippen LogP contribution >= 0.6 is 11.3 Å². The predicted octanol–water partition coefficient (Wildman–Crippen LogP) is 0.943. The number of carbonyl (C=O) groups excluding carboxylic acids is 1. The van der Waals surface area contributed by atoms with E-state index in [1.807, 2.05) is 11.3 Å². The van der Waals surface area contributed by atoms with Crippen LogP contribution in [0.5, 0.6) is 0 Å². The highest BCUT2D eigenvalue weighted by Gasteiger charge is 2.20. The molecule has 0 saturated carbocycles. The lowest BCUT2D eigenvalue weighted by Crippen LogP contribution is -2.48. The summed E-state index contributed by atoms with van der Waals surface area (Å²) < 4.78 is 5.36. The van der Waals surface area contributed by atoms with Gasteiger partial charge in [0.15, 0.2) is 0 Å². The predicted molar refractivity (Wildman–Crippen MR) is 88.2 cm³/mol. The molecule has 1 atom stereocenters. The largest absolute Gasteiger partial charge is 0.379 e. The van der Waals surface area contributed by atoms with Crippen molar-refractivity contribution in [1.82, 2.24) is 15.1 Å². The van der Waals surface area contributed by atoms with Gasteiger partial charge in [0.2, 0.25) is 5.91 Å². The highest BCUT2D eigenvalue weighted by atomic mass is 32.1. The van der Waals surface area contributed by atoms with Gasteiger partial charge in [-0.1, -0.05) is 0 Å². The first-order chi connectivity index (χ1) is 10.7. The Kier molecular flexibility index (Phi) is 5.46. The number of nitrogens with one attached hydrogen (secondary N) is 1. The minimum Gasteiger partial charge on any atom is -0.379 e. The zero-order valence-electron chi connectivity index (χ0n) is 13.2. The Morgan fingerprint density at radius 3 is 3.05 bits per heavy atom. The van der Waals surface area contributed by atoms with Gasteiger partial charge in [0.1, 0.15) is 0 Å². The number of fused-ring (bicyclic) bond motifs is 1. The Morgan fingerprint density at radius 2 is 2.23 bits per heavy atom. The molecular formula is C16H25N3O2S. The van der Waals surface area contributed by atoms with Crippen LogP contribution in [0.2, 0.25) is 0 Å². The topological polar surface area (TPSA) is 44.8 Å². The smallest absolute Gasteiger partial charge is 0.234 e. The summed E-state index contributed by atoms with van der Waals surface area (Å²) in [5, 5.41) is 5.24. The molecule has 0 spiro atoms. The molecule has 1 amide bonds. The minimum absolute atomic E-state index is 0.138. The van der Waals surface area contributed by atoms with E-state index >= 15 is 0 Å². The number of morpholine rings is 1. The van der Waals surface area contributed by atoms with Crippen molar-refractivity contribution in [1.29, 1.82) is 0 Å². The summed E-state index contributed by atoms with van der Waals surface area (Å²) in [7, 11) is 0. The maximum Gasteiger partial charge on any atom is 0.234 e. The summed E-state index contributed by atoms with van der Waals surface area (Å²) in [5.74, 6) is 0.138. The summed E-state index contributed by atoms with van der Waals surface area (Å²) in [4.78, 5) is 18.3. The molecule has 0 aromatic carbocycles. The number of ether oxygens (including phenoxy) is 1. The fraction of sp³-hybridized carbons (Fsp3) is 0.688. The van der Waals surface area contributed by atoms with Crippen molar-refractivity contribution in [2.24, 2.45) is 0 Å². The zero-order chi connectivity index (χ0) is 15.4. The monoisotopic (exact) mass is 323 g/mol. The molecule has 0 bridgehead atoms. The maximum atomic E-state index is 12.2. The molecule has 1 unspecified atom stereocenters.